The van der Waals surface area contributed by atoms with E-state index in [1.807, 2.05) is 60.7 Å². The topological polar surface area (TPSA) is 58.6 Å². The molecule has 22 heavy (non-hydrogen) atoms. The van der Waals surface area contributed by atoms with Gasteiger partial charge < -0.3 is 15.2 Å². The van der Waals surface area contributed by atoms with Gasteiger partial charge in [-0.3, -0.25) is 0 Å². The predicted octanol–water partition coefficient (Wildman–Crippen LogP) is 3.07. The van der Waals surface area contributed by atoms with Gasteiger partial charge in [0.2, 0.25) is 0 Å². The van der Waals surface area contributed by atoms with E-state index in [-0.39, 0.29) is 6.61 Å². The molecule has 2 rings (SSSR count). The molecule has 2 aromatic rings. The maximum atomic E-state index is 11.5. The Hall–Kier alpha value is -2.33. The van der Waals surface area contributed by atoms with Crippen molar-refractivity contribution in [3.63, 3.8) is 0 Å². The number of hydrogen-bond acceptors (Lipinski definition) is 3. The van der Waals surface area contributed by atoms with Crippen molar-refractivity contribution in [3.8, 4) is 0 Å². The molecule has 0 aliphatic carbocycles. The van der Waals surface area contributed by atoms with Gasteiger partial charge in [0.15, 0.2) is 0 Å². The van der Waals surface area contributed by atoms with Gasteiger partial charge in [-0.15, -0.1) is 0 Å². The molecule has 0 bridgehead atoms. The van der Waals surface area contributed by atoms with Crippen LogP contribution in [0.5, 0.6) is 0 Å². The summed E-state index contributed by atoms with van der Waals surface area (Å²) in [6.45, 7) is 1.57. The van der Waals surface area contributed by atoms with Crippen LogP contribution in [0, 0.1) is 6.54 Å². The monoisotopic (exact) mass is 298 g/mol. The summed E-state index contributed by atoms with van der Waals surface area (Å²) in [6, 6.07) is 19.3. The summed E-state index contributed by atoms with van der Waals surface area (Å²) in [5.74, 6) is 0. The highest BCUT2D eigenvalue weighted by atomic mass is 16.5. The van der Waals surface area contributed by atoms with E-state index in [2.05, 4.69) is 5.32 Å². The highest BCUT2D eigenvalue weighted by molar-refractivity contribution is 5.68. The lowest BCUT2D eigenvalue weighted by molar-refractivity contribution is 0.133. The summed E-state index contributed by atoms with van der Waals surface area (Å²) in [6.07, 6.45) is 0.0227. The van der Waals surface area contributed by atoms with Crippen LogP contribution in [0.1, 0.15) is 17.5 Å². The van der Waals surface area contributed by atoms with Gasteiger partial charge in [-0.25, -0.2) is 4.79 Å². The van der Waals surface area contributed by atoms with Crippen molar-refractivity contribution in [2.75, 3.05) is 0 Å². The zero-order valence-corrected chi connectivity index (χ0v) is 12.3. The molecule has 0 saturated heterocycles. The second-order valence-electron chi connectivity index (χ2n) is 4.96. The van der Waals surface area contributed by atoms with Crippen LogP contribution in [-0.4, -0.2) is 17.3 Å². The number of carbonyl (C=O) groups is 1. The summed E-state index contributed by atoms with van der Waals surface area (Å²) in [5, 5.41) is 12.3. The molecule has 0 aliphatic heterocycles. The Morgan fingerprint density at radius 2 is 1.64 bits per heavy atom. The van der Waals surface area contributed by atoms with Crippen molar-refractivity contribution < 1.29 is 14.6 Å². The number of aryl methyl sites for hydroxylation is 1. The molecule has 0 aromatic heterocycles. The minimum Gasteiger partial charge on any atom is -0.445 e. The van der Waals surface area contributed by atoms with Crippen LogP contribution < -0.4 is 5.32 Å². The molecule has 115 valence electrons. The van der Waals surface area contributed by atoms with Crippen molar-refractivity contribution in [1.29, 1.82) is 0 Å². The van der Waals surface area contributed by atoms with Crippen molar-refractivity contribution in [2.45, 2.75) is 25.6 Å². The van der Waals surface area contributed by atoms with Crippen LogP contribution >= 0.6 is 0 Å². The van der Waals surface area contributed by atoms with Crippen molar-refractivity contribution in [1.82, 2.24) is 5.32 Å². The molecular formula is C18H20NO3. The Bertz CT molecular complexity index is 557. The third-order valence-electron chi connectivity index (χ3n) is 3.18. The average Bonchev–Trinajstić information content (AvgIpc) is 2.58. The number of rotatable bonds is 7. The summed E-state index contributed by atoms with van der Waals surface area (Å²) >= 11 is 0. The number of benzene rings is 2. The number of amides is 1. The average molecular weight is 298 g/mol. The van der Waals surface area contributed by atoms with Crippen LogP contribution in [-0.2, 0) is 17.8 Å². The van der Waals surface area contributed by atoms with Gasteiger partial charge >= 0.3 is 6.09 Å². The SMILES string of the molecule is O=C(N[CH][C@H](O)CCc1ccccc1)OCc1ccccc1. The zero-order valence-electron chi connectivity index (χ0n) is 12.3. The smallest absolute Gasteiger partial charge is 0.407 e. The van der Waals surface area contributed by atoms with Gasteiger partial charge in [0, 0.05) is 0 Å². The first-order valence-electron chi connectivity index (χ1n) is 7.26. The normalized spacial score (nSPS) is 11.7. The largest absolute Gasteiger partial charge is 0.445 e. The van der Waals surface area contributed by atoms with E-state index in [1.165, 1.54) is 6.54 Å². The fourth-order valence-corrected chi connectivity index (χ4v) is 1.97. The van der Waals surface area contributed by atoms with E-state index < -0.39 is 12.2 Å². The molecule has 1 atom stereocenters. The Morgan fingerprint density at radius 1 is 1.05 bits per heavy atom. The quantitative estimate of drug-likeness (QED) is 0.826. The summed E-state index contributed by atoms with van der Waals surface area (Å²) in [5.41, 5.74) is 2.07. The Balaban J connectivity index is 1.61. The van der Waals surface area contributed by atoms with Crippen LogP contribution in [0.25, 0.3) is 0 Å². The minimum atomic E-state index is -0.704. The van der Waals surface area contributed by atoms with Crippen LogP contribution in [0.15, 0.2) is 60.7 Å². The molecule has 4 nitrogen and oxygen atoms in total. The van der Waals surface area contributed by atoms with E-state index in [0.717, 1.165) is 17.5 Å². The second-order valence-corrected chi connectivity index (χ2v) is 4.96. The van der Waals surface area contributed by atoms with Crippen molar-refractivity contribution in [2.24, 2.45) is 0 Å². The number of aliphatic hydroxyl groups is 1. The van der Waals surface area contributed by atoms with E-state index in [1.54, 1.807) is 0 Å². The molecule has 0 heterocycles. The van der Waals surface area contributed by atoms with Crippen LogP contribution in [0.2, 0.25) is 0 Å². The van der Waals surface area contributed by atoms with Crippen LogP contribution in [0.3, 0.4) is 0 Å². The maximum absolute atomic E-state index is 11.5. The number of carbonyl (C=O) groups excluding carboxylic acids is 1. The zero-order chi connectivity index (χ0) is 15.6. The molecule has 1 radical (unpaired) electrons. The summed E-state index contributed by atoms with van der Waals surface area (Å²) < 4.78 is 5.05. The number of ether oxygens (including phenoxy) is 1. The van der Waals surface area contributed by atoms with E-state index in [9.17, 15) is 9.90 Å². The summed E-state index contributed by atoms with van der Waals surface area (Å²) in [4.78, 5) is 11.5. The molecule has 2 aromatic carbocycles. The molecule has 0 fully saturated rings. The molecule has 4 heteroatoms. The number of nitrogens with one attached hydrogen (secondary N) is 1. The Morgan fingerprint density at radius 3 is 2.27 bits per heavy atom. The molecule has 0 saturated carbocycles. The highest BCUT2D eigenvalue weighted by Gasteiger charge is 2.09. The third kappa shape index (κ3) is 5.97. The molecule has 0 unspecified atom stereocenters. The van der Waals surface area contributed by atoms with Gasteiger partial charge in [0.25, 0.3) is 0 Å². The Labute approximate surface area is 130 Å². The van der Waals surface area contributed by atoms with Crippen molar-refractivity contribution in [3.05, 3.63) is 78.3 Å². The van der Waals surface area contributed by atoms with Gasteiger partial charge in [-0.05, 0) is 24.0 Å². The standard InChI is InChI=1S/C18H20NO3/c20-17(12-11-15-7-3-1-4-8-15)13-19-18(21)22-14-16-9-5-2-6-10-16/h1-10,13,17,20H,11-12,14H2,(H,19,21)/t17-/m1/s1. The van der Waals surface area contributed by atoms with Crippen LogP contribution in [0.4, 0.5) is 4.79 Å². The van der Waals surface area contributed by atoms with Gasteiger partial charge in [0.05, 0.1) is 12.6 Å². The van der Waals surface area contributed by atoms with Gasteiger partial charge in [-0.2, -0.15) is 0 Å². The fraction of sp³-hybridized carbons (Fsp3) is 0.222. The first-order chi connectivity index (χ1) is 10.7. The molecule has 0 spiro atoms. The molecule has 0 aliphatic rings. The molecular weight excluding hydrogens is 278 g/mol. The maximum Gasteiger partial charge on any atom is 0.407 e. The number of alkyl carbamates (subject to hydrolysis) is 1. The number of hydrogen-bond donors (Lipinski definition) is 2. The predicted molar refractivity (Wildman–Crippen MR) is 84.8 cm³/mol. The van der Waals surface area contributed by atoms with Crippen molar-refractivity contribution >= 4 is 6.09 Å². The second kappa shape index (κ2) is 8.85. The molecule has 1 amide bonds. The van der Waals surface area contributed by atoms with E-state index >= 15 is 0 Å². The number of aliphatic hydroxyl groups excluding tert-OH is 1. The highest BCUT2D eigenvalue weighted by Crippen LogP contribution is 2.06. The van der Waals surface area contributed by atoms with Gasteiger partial charge in [0.1, 0.15) is 6.61 Å². The summed E-state index contributed by atoms with van der Waals surface area (Å²) in [7, 11) is 0. The van der Waals surface area contributed by atoms with Gasteiger partial charge in [-0.1, -0.05) is 60.7 Å². The fourth-order valence-electron chi connectivity index (χ4n) is 1.97. The first kappa shape index (κ1) is 16.0. The minimum absolute atomic E-state index is 0.209. The third-order valence-corrected chi connectivity index (χ3v) is 3.18. The lowest BCUT2D eigenvalue weighted by Crippen LogP contribution is -2.27. The van der Waals surface area contributed by atoms with E-state index in [4.69, 9.17) is 4.74 Å². The first-order valence-corrected chi connectivity index (χ1v) is 7.26. The lowest BCUT2D eigenvalue weighted by atomic mass is 10.1. The molecule has 2 N–H and O–H groups in total. The van der Waals surface area contributed by atoms with E-state index in [0.29, 0.717) is 6.42 Å². The Kier molecular flexibility index (Phi) is 6.45. The lowest BCUT2D eigenvalue weighted by Gasteiger charge is -2.11.